The van der Waals surface area contributed by atoms with Gasteiger partial charge in [0.05, 0.1) is 0 Å². The molecule has 106 valence electrons. The van der Waals surface area contributed by atoms with Crippen molar-refractivity contribution in [1.82, 2.24) is 5.32 Å². The van der Waals surface area contributed by atoms with E-state index < -0.39 is 12.0 Å². The Balaban J connectivity index is 2.15. The quantitative estimate of drug-likeness (QED) is 0.889. The maximum absolute atomic E-state index is 12.1. The van der Waals surface area contributed by atoms with Crippen LogP contribution in [0.5, 0.6) is 0 Å². The number of nitrogens with one attached hydrogen (secondary N) is 1. The lowest BCUT2D eigenvalue weighted by molar-refractivity contribution is -0.139. The van der Waals surface area contributed by atoms with Crippen molar-refractivity contribution in [2.45, 2.75) is 26.3 Å². The predicted octanol–water partition coefficient (Wildman–Crippen LogP) is 3.13. The van der Waals surface area contributed by atoms with Gasteiger partial charge in [-0.2, -0.15) is 0 Å². The van der Waals surface area contributed by atoms with Crippen molar-refractivity contribution in [3.63, 3.8) is 0 Å². The zero-order valence-corrected chi connectivity index (χ0v) is 12.2. The average Bonchev–Trinajstić information content (AvgIpc) is 2.84. The Hall–Kier alpha value is -1.88. The molecule has 0 spiro atoms. The molecule has 0 saturated carbocycles. The van der Waals surface area contributed by atoms with Crippen LogP contribution in [0.3, 0.4) is 0 Å². The lowest BCUT2D eigenvalue weighted by Crippen LogP contribution is -2.41. The van der Waals surface area contributed by atoms with Crippen LogP contribution in [-0.2, 0) is 4.79 Å². The molecule has 2 aromatic rings. The number of thiophene rings is 1. The van der Waals surface area contributed by atoms with E-state index in [0.29, 0.717) is 12.0 Å². The van der Waals surface area contributed by atoms with Gasteiger partial charge in [0.2, 0.25) is 0 Å². The van der Waals surface area contributed by atoms with Crippen molar-refractivity contribution in [3.8, 4) is 0 Å². The molecule has 20 heavy (non-hydrogen) atoms. The number of aliphatic carboxylic acids is 1. The lowest BCUT2D eigenvalue weighted by atomic mass is 10.0. The predicted molar refractivity (Wildman–Crippen MR) is 80.2 cm³/mol. The van der Waals surface area contributed by atoms with Gasteiger partial charge in [0.25, 0.3) is 5.91 Å². The zero-order valence-electron chi connectivity index (χ0n) is 11.4. The van der Waals surface area contributed by atoms with E-state index in [1.165, 1.54) is 0 Å². The summed E-state index contributed by atoms with van der Waals surface area (Å²) in [7, 11) is 0. The Labute approximate surface area is 121 Å². The van der Waals surface area contributed by atoms with E-state index in [2.05, 4.69) is 5.32 Å². The van der Waals surface area contributed by atoms with Crippen LogP contribution in [0, 0.1) is 5.92 Å². The van der Waals surface area contributed by atoms with Gasteiger partial charge in [0.1, 0.15) is 6.04 Å². The fraction of sp³-hybridized carbons (Fsp3) is 0.333. The smallest absolute Gasteiger partial charge is 0.326 e. The van der Waals surface area contributed by atoms with Gasteiger partial charge in [-0.15, -0.1) is 11.3 Å². The molecule has 0 bridgehead atoms. The van der Waals surface area contributed by atoms with Crippen LogP contribution >= 0.6 is 11.3 Å². The van der Waals surface area contributed by atoms with E-state index >= 15 is 0 Å². The third-order valence-corrected chi connectivity index (χ3v) is 3.92. The molecule has 1 amide bonds. The van der Waals surface area contributed by atoms with E-state index in [1.54, 1.807) is 23.5 Å². The Morgan fingerprint density at radius 3 is 2.70 bits per heavy atom. The summed E-state index contributed by atoms with van der Waals surface area (Å²) >= 11 is 1.61. The number of hydrogen-bond acceptors (Lipinski definition) is 3. The molecule has 0 aliphatic heterocycles. The normalized spacial score (nSPS) is 12.6. The molecule has 2 rings (SSSR count). The SMILES string of the molecule is CC(C)CC(NC(=O)c1ccc2sccc2c1)C(=O)O. The number of benzene rings is 1. The molecule has 0 saturated heterocycles. The first-order valence-corrected chi connectivity index (χ1v) is 7.36. The second kappa shape index (κ2) is 6.05. The molecule has 0 fully saturated rings. The summed E-state index contributed by atoms with van der Waals surface area (Å²) < 4.78 is 1.11. The van der Waals surface area contributed by atoms with E-state index in [4.69, 9.17) is 5.11 Å². The van der Waals surface area contributed by atoms with Crippen molar-refractivity contribution >= 4 is 33.3 Å². The zero-order chi connectivity index (χ0) is 14.7. The molecule has 2 N–H and O–H groups in total. The number of hydrogen-bond donors (Lipinski definition) is 2. The highest BCUT2D eigenvalue weighted by molar-refractivity contribution is 7.17. The van der Waals surface area contributed by atoms with Crippen LogP contribution in [0.2, 0.25) is 0 Å². The summed E-state index contributed by atoms with van der Waals surface area (Å²) in [6, 6.07) is 6.49. The van der Waals surface area contributed by atoms with E-state index in [1.807, 2.05) is 31.4 Å². The minimum Gasteiger partial charge on any atom is -0.480 e. The summed E-state index contributed by atoms with van der Waals surface area (Å²) in [5.74, 6) is -1.13. The van der Waals surface area contributed by atoms with Crippen LogP contribution in [0.25, 0.3) is 10.1 Å². The van der Waals surface area contributed by atoms with Crippen molar-refractivity contribution in [1.29, 1.82) is 0 Å². The average molecular weight is 291 g/mol. The third-order valence-electron chi connectivity index (χ3n) is 3.03. The van der Waals surface area contributed by atoms with E-state index in [9.17, 15) is 9.59 Å². The number of fused-ring (bicyclic) bond motifs is 1. The summed E-state index contributed by atoms with van der Waals surface area (Å²) in [5.41, 5.74) is 0.492. The summed E-state index contributed by atoms with van der Waals surface area (Å²) in [5, 5.41) is 14.7. The number of carboxylic acid groups (broad SMARTS) is 1. The molecule has 4 nitrogen and oxygen atoms in total. The van der Waals surface area contributed by atoms with Crippen LogP contribution in [0.15, 0.2) is 29.6 Å². The molecule has 1 aromatic heterocycles. The second-order valence-electron chi connectivity index (χ2n) is 5.17. The van der Waals surface area contributed by atoms with Gasteiger partial charge < -0.3 is 10.4 Å². The fourth-order valence-corrected chi connectivity index (χ4v) is 2.81. The lowest BCUT2D eigenvalue weighted by Gasteiger charge is -2.16. The number of amides is 1. The highest BCUT2D eigenvalue weighted by atomic mass is 32.1. The molecular formula is C15H17NO3S. The van der Waals surface area contributed by atoms with Crippen LogP contribution in [-0.4, -0.2) is 23.0 Å². The standard InChI is InChI=1S/C15H17NO3S/c1-9(2)7-12(15(18)19)16-14(17)11-3-4-13-10(8-11)5-6-20-13/h3-6,8-9,12H,7H2,1-2H3,(H,16,17)(H,18,19). The number of carbonyl (C=O) groups excluding carboxylic acids is 1. The van der Waals surface area contributed by atoms with Gasteiger partial charge in [-0.3, -0.25) is 4.79 Å². The van der Waals surface area contributed by atoms with E-state index in [-0.39, 0.29) is 11.8 Å². The summed E-state index contributed by atoms with van der Waals surface area (Å²) in [6.45, 7) is 3.86. The van der Waals surface area contributed by atoms with Crippen molar-refractivity contribution in [2.75, 3.05) is 0 Å². The van der Waals surface area contributed by atoms with Crippen LogP contribution < -0.4 is 5.32 Å². The Kier molecular flexibility index (Phi) is 4.39. The third kappa shape index (κ3) is 3.36. The Bertz CT molecular complexity index is 633. The van der Waals surface area contributed by atoms with Gasteiger partial charge in [-0.25, -0.2) is 4.79 Å². The van der Waals surface area contributed by atoms with Gasteiger partial charge >= 0.3 is 5.97 Å². The molecule has 5 heteroatoms. The van der Waals surface area contributed by atoms with Crippen molar-refractivity contribution < 1.29 is 14.7 Å². The van der Waals surface area contributed by atoms with Gasteiger partial charge in [0, 0.05) is 10.3 Å². The number of carbonyl (C=O) groups is 2. The fourth-order valence-electron chi connectivity index (χ4n) is 2.04. The van der Waals surface area contributed by atoms with Crippen molar-refractivity contribution in [2.24, 2.45) is 5.92 Å². The highest BCUT2D eigenvalue weighted by Gasteiger charge is 2.21. The van der Waals surface area contributed by atoms with E-state index in [0.717, 1.165) is 10.1 Å². The first kappa shape index (κ1) is 14.5. The molecule has 1 aromatic carbocycles. The molecule has 1 atom stereocenters. The van der Waals surface area contributed by atoms with Crippen molar-refractivity contribution in [3.05, 3.63) is 35.2 Å². The van der Waals surface area contributed by atoms with Crippen LogP contribution in [0.4, 0.5) is 0 Å². The Morgan fingerprint density at radius 2 is 2.05 bits per heavy atom. The topological polar surface area (TPSA) is 66.4 Å². The number of rotatable bonds is 5. The maximum Gasteiger partial charge on any atom is 0.326 e. The minimum absolute atomic E-state index is 0.204. The minimum atomic E-state index is -0.997. The monoisotopic (exact) mass is 291 g/mol. The van der Waals surface area contributed by atoms with Crippen LogP contribution in [0.1, 0.15) is 30.6 Å². The highest BCUT2D eigenvalue weighted by Crippen LogP contribution is 2.21. The maximum atomic E-state index is 12.1. The molecule has 0 aliphatic carbocycles. The molecule has 0 radical (unpaired) electrons. The molecule has 0 aliphatic rings. The molecular weight excluding hydrogens is 274 g/mol. The summed E-state index contributed by atoms with van der Waals surface area (Å²) in [4.78, 5) is 23.3. The molecule has 1 unspecified atom stereocenters. The first-order chi connectivity index (χ1) is 9.47. The molecule has 1 heterocycles. The van der Waals surface area contributed by atoms with Gasteiger partial charge in [-0.05, 0) is 47.4 Å². The van der Waals surface area contributed by atoms with Gasteiger partial charge in [-0.1, -0.05) is 13.8 Å². The first-order valence-electron chi connectivity index (χ1n) is 6.48. The van der Waals surface area contributed by atoms with Gasteiger partial charge in [0.15, 0.2) is 0 Å². The second-order valence-corrected chi connectivity index (χ2v) is 6.11. The summed E-state index contributed by atoms with van der Waals surface area (Å²) in [6.07, 6.45) is 0.418. The largest absolute Gasteiger partial charge is 0.480 e. The number of carboxylic acids is 1. The Morgan fingerprint density at radius 1 is 1.30 bits per heavy atom.